The molecule has 12 heavy (non-hydrogen) atoms. The summed E-state index contributed by atoms with van der Waals surface area (Å²) in [7, 11) is 0. The first-order valence-electron chi connectivity index (χ1n) is 4.01. The lowest BCUT2D eigenvalue weighted by Gasteiger charge is -2.04. The topological polar surface area (TPSA) is 41.5 Å². The van der Waals surface area contributed by atoms with Crippen LogP contribution in [0.4, 0.5) is 0 Å². The molecule has 1 aromatic carbocycles. The van der Waals surface area contributed by atoms with E-state index in [0.717, 1.165) is 13.0 Å². The highest BCUT2D eigenvalue weighted by molar-refractivity contribution is 5.29. The third-order valence-electron chi connectivity index (χ3n) is 1.38. The van der Waals surface area contributed by atoms with Crippen LogP contribution in [0.2, 0.25) is 0 Å². The predicted molar refractivity (Wildman–Crippen MR) is 47.0 cm³/mol. The molecular formula is C9H13NO2. The molecule has 1 aromatic rings. The zero-order chi connectivity index (χ0) is 8.81. The number of phenols is 1. The summed E-state index contributed by atoms with van der Waals surface area (Å²) in [6.07, 6.45) is 1.03. The van der Waals surface area contributed by atoms with Crippen LogP contribution in [-0.2, 0) is 0 Å². The monoisotopic (exact) mass is 167 g/mol. The molecule has 0 radical (unpaired) electrons. The average molecular weight is 167 g/mol. The highest BCUT2D eigenvalue weighted by atomic mass is 16.6. The van der Waals surface area contributed by atoms with Crippen molar-refractivity contribution in [3.8, 4) is 11.5 Å². The minimum atomic E-state index is 0.248. The molecule has 0 spiro atoms. The van der Waals surface area contributed by atoms with Crippen molar-refractivity contribution in [3.05, 3.63) is 24.3 Å². The van der Waals surface area contributed by atoms with Crippen LogP contribution in [-0.4, -0.2) is 11.7 Å². The molecule has 0 bridgehead atoms. The van der Waals surface area contributed by atoms with Crippen LogP contribution < -0.4 is 10.3 Å². The van der Waals surface area contributed by atoms with E-state index in [1.165, 1.54) is 0 Å². The molecule has 0 saturated heterocycles. The molecule has 0 saturated carbocycles. The van der Waals surface area contributed by atoms with Gasteiger partial charge in [-0.2, -0.15) is 5.48 Å². The fourth-order valence-corrected chi connectivity index (χ4v) is 0.751. The number of phenolic OH excluding ortho intramolecular Hbond substituents is 1. The first kappa shape index (κ1) is 8.87. The lowest BCUT2D eigenvalue weighted by Crippen LogP contribution is -2.18. The van der Waals surface area contributed by atoms with Crippen molar-refractivity contribution in [2.45, 2.75) is 13.3 Å². The third kappa shape index (κ3) is 2.80. The average Bonchev–Trinajstić information content (AvgIpc) is 2.09. The predicted octanol–water partition coefficient (Wildman–Crippen LogP) is 1.69. The van der Waals surface area contributed by atoms with Gasteiger partial charge in [-0.25, -0.2) is 0 Å². The van der Waals surface area contributed by atoms with Gasteiger partial charge in [0, 0.05) is 6.54 Å². The second-order valence-corrected chi connectivity index (χ2v) is 2.49. The Hall–Kier alpha value is -1.22. The molecule has 66 valence electrons. The summed E-state index contributed by atoms with van der Waals surface area (Å²) in [6, 6.07) is 6.59. The van der Waals surface area contributed by atoms with Gasteiger partial charge in [0.15, 0.2) is 0 Å². The molecule has 0 fully saturated rings. The fraction of sp³-hybridized carbons (Fsp3) is 0.333. The zero-order valence-corrected chi connectivity index (χ0v) is 7.08. The number of hydrogen-bond donors (Lipinski definition) is 2. The Bertz CT molecular complexity index is 220. The molecule has 0 aromatic heterocycles. The SMILES string of the molecule is CCCNOc1ccc(O)cc1. The van der Waals surface area contributed by atoms with Crippen molar-refractivity contribution in [2.75, 3.05) is 6.54 Å². The number of benzene rings is 1. The standard InChI is InChI=1S/C9H13NO2/c1-2-7-10-12-9-5-3-8(11)4-6-9/h3-6,10-11H,2,7H2,1H3. The van der Waals surface area contributed by atoms with Crippen LogP contribution in [0.15, 0.2) is 24.3 Å². The van der Waals surface area contributed by atoms with Crippen molar-refractivity contribution in [1.29, 1.82) is 0 Å². The van der Waals surface area contributed by atoms with Crippen LogP contribution in [0.3, 0.4) is 0 Å². The van der Waals surface area contributed by atoms with E-state index in [-0.39, 0.29) is 5.75 Å². The summed E-state index contributed by atoms with van der Waals surface area (Å²) < 4.78 is 0. The Balaban J connectivity index is 2.37. The molecule has 0 aliphatic heterocycles. The molecule has 0 heterocycles. The van der Waals surface area contributed by atoms with E-state index < -0.39 is 0 Å². The second-order valence-electron chi connectivity index (χ2n) is 2.49. The lowest BCUT2D eigenvalue weighted by molar-refractivity contribution is 0.196. The summed E-state index contributed by atoms with van der Waals surface area (Å²) in [5.74, 6) is 0.957. The first-order chi connectivity index (χ1) is 5.83. The van der Waals surface area contributed by atoms with Crippen molar-refractivity contribution in [2.24, 2.45) is 0 Å². The summed E-state index contributed by atoms with van der Waals surface area (Å²) in [4.78, 5) is 5.14. The van der Waals surface area contributed by atoms with Crippen molar-refractivity contribution < 1.29 is 9.94 Å². The normalized spacial score (nSPS) is 9.75. The number of aromatic hydroxyl groups is 1. The minimum Gasteiger partial charge on any atom is -0.508 e. The van der Waals surface area contributed by atoms with Crippen molar-refractivity contribution >= 4 is 0 Å². The number of hydroxylamine groups is 1. The van der Waals surface area contributed by atoms with Gasteiger partial charge in [-0.1, -0.05) is 6.92 Å². The molecule has 2 N–H and O–H groups in total. The maximum atomic E-state index is 8.95. The third-order valence-corrected chi connectivity index (χ3v) is 1.38. The maximum absolute atomic E-state index is 8.95. The fourth-order valence-electron chi connectivity index (χ4n) is 0.751. The van der Waals surface area contributed by atoms with Gasteiger partial charge in [-0.15, -0.1) is 0 Å². The van der Waals surface area contributed by atoms with Gasteiger partial charge in [0.1, 0.15) is 11.5 Å². The van der Waals surface area contributed by atoms with Crippen molar-refractivity contribution in [3.63, 3.8) is 0 Å². The molecule has 0 aliphatic carbocycles. The van der Waals surface area contributed by atoms with E-state index in [4.69, 9.17) is 9.94 Å². The first-order valence-corrected chi connectivity index (χ1v) is 4.01. The van der Waals surface area contributed by atoms with Crippen LogP contribution >= 0.6 is 0 Å². The van der Waals surface area contributed by atoms with E-state index in [9.17, 15) is 0 Å². The highest BCUT2D eigenvalue weighted by Gasteiger charge is 1.91. The summed E-state index contributed by atoms with van der Waals surface area (Å²) in [6.45, 7) is 2.88. The molecule has 0 unspecified atom stereocenters. The Labute approximate surface area is 71.9 Å². The van der Waals surface area contributed by atoms with E-state index in [2.05, 4.69) is 12.4 Å². The molecule has 1 rings (SSSR count). The van der Waals surface area contributed by atoms with Gasteiger partial charge < -0.3 is 9.94 Å². The zero-order valence-electron chi connectivity index (χ0n) is 7.08. The molecular weight excluding hydrogens is 154 g/mol. The van der Waals surface area contributed by atoms with Crippen LogP contribution in [0.25, 0.3) is 0 Å². The van der Waals surface area contributed by atoms with E-state index in [1.807, 2.05) is 0 Å². The van der Waals surface area contributed by atoms with Gasteiger partial charge in [0.25, 0.3) is 0 Å². The molecule has 0 aliphatic rings. The Morgan fingerprint density at radius 1 is 1.33 bits per heavy atom. The van der Waals surface area contributed by atoms with Gasteiger partial charge in [0.2, 0.25) is 0 Å². The quantitative estimate of drug-likeness (QED) is 0.529. The molecule has 3 nitrogen and oxygen atoms in total. The molecule has 0 amide bonds. The van der Waals surface area contributed by atoms with Gasteiger partial charge in [0.05, 0.1) is 0 Å². The van der Waals surface area contributed by atoms with Crippen LogP contribution in [0.5, 0.6) is 11.5 Å². The summed E-state index contributed by atoms with van der Waals surface area (Å²) >= 11 is 0. The van der Waals surface area contributed by atoms with Gasteiger partial charge >= 0.3 is 0 Å². The largest absolute Gasteiger partial charge is 0.508 e. The van der Waals surface area contributed by atoms with E-state index in [1.54, 1.807) is 24.3 Å². The highest BCUT2D eigenvalue weighted by Crippen LogP contribution is 2.14. The van der Waals surface area contributed by atoms with Crippen molar-refractivity contribution in [1.82, 2.24) is 5.48 Å². The Kier molecular flexibility index (Phi) is 3.41. The van der Waals surface area contributed by atoms with Crippen LogP contribution in [0, 0.1) is 0 Å². The number of rotatable bonds is 4. The number of nitrogens with one attached hydrogen (secondary N) is 1. The van der Waals surface area contributed by atoms with Gasteiger partial charge in [-0.3, -0.25) is 0 Å². The minimum absolute atomic E-state index is 0.248. The Morgan fingerprint density at radius 3 is 2.58 bits per heavy atom. The lowest BCUT2D eigenvalue weighted by atomic mass is 10.3. The summed E-state index contributed by atoms with van der Waals surface area (Å²) in [5.41, 5.74) is 2.79. The van der Waals surface area contributed by atoms with E-state index in [0.29, 0.717) is 5.75 Å². The van der Waals surface area contributed by atoms with Crippen LogP contribution in [0.1, 0.15) is 13.3 Å². The second kappa shape index (κ2) is 4.62. The number of hydrogen-bond acceptors (Lipinski definition) is 3. The smallest absolute Gasteiger partial charge is 0.147 e. The van der Waals surface area contributed by atoms with E-state index >= 15 is 0 Å². The molecule has 3 heteroatoms. The Morgan fingerprint density at radius 2 is 2.00 bits per heavy atom. The maximum Gasteiger partial charge on any atom is 0.147 e. The summed E-state index contributed by atoms with van der Waals surface area (Å²) in [5, 5.41) is 8.95. The van der Waals surface area contributed by atoms with Gasteiger partial charge in [-0.05, 0) is 30.7 Å². The molecule has 0 atom stereocenters.